The molecule has 19 heavy (non-hydrogen) atoms. The molecule has 2 rings (SSSR count). The van der Waals surface area contributed by atoms with E-state index in [-0.39, 0.29) is 5.69 Å². The lowest BCUT2D eigenvalue weighted by atomic mass is 10.2. The third-order valence-electron chi connectivity index (χ3n) is 2.58. The summed E-state index contributed by atoms with van der Waals surface area (Å²) in [5.41, 5.74) is 3.27. The summed E-state index contributed by atoms with van der Waals surface area (Å²) in [6.45, 7) is 4.17. The van der Waals surface area contributed by atoms with Crippen LogP contribution in [0.1, 0.15) is 17.0 Å². The third-order valence-corrected chi connectivity index (χ3v) is 2.58. The van der Waals surface area contributed by atoms with Crippen molar-refractivity contribution in [3.05, 3.63) is 57.7 Å². The molecule has 0 radical (unpaired) electrons. The van der Waals surface area contributed by atoms with Crippen molar-refractivity contribution in [2.45, 2.75) is 20.4 Å². The molecule has 0 aliphatic heterocycles. The number of aromatic nitrogens is 2. The van der Waals surface area contributed by atoms with Gasteiger partial charge in [0.25, 0.3) is 5.69 Å². The van der Waals surface area contributed by atoms with Crippen molar-refractivity contribution in [3.63, 3.8) is 0 Å². The van der Waals surface area contributed by atoms with Crippen LogP contribution in [0.25, 0.3) is 0 Å². The van der Waals surface area contributed by atoms with Gasteiger partial charge in [-0.15, -0.1) is 0 Å². The number of nitro benzene ring substituents is 1. The lowest BCUT2D eigenvalue weighted by Crippen LogP contribution is -2.03. The minimum Gasteiger partial charge on any atom is -0.379 e. The fourth-order valence-electron chi connectivity index (χ4n) is 1.67. The van der Waals surface area contributed by atoms with Gasteiger partial charge in [0.1, 0.15) is 0 Å². The van der Waals surface area contributed by atoms with Crippen LogP contribution < -0.4 is 5.32 Å². The molecule has 0 saturated heterocycles. The van der Waals surface area contributed by atoms with Crippen molar-refractivity contribution in [1.82, 2.24) is 9.97 Å². The summed E-state index contributed by atoms with van der Waals surface area (Å²) in [5.74, 6) is 0. The van der Waals surface area contributed by atoms with Gasteiger partial charge in [-0.05, 0) is 25.5 Å². The summed E-state index contributed by atoms with van der Waals surface area (Å²) in [6, 6.07) is 4.90. The van der Waals surface area contributed by atoms with E-state index >= 15 is 0 Å². The molecular weight excluding hydrogens is 244 g/mol. The highest BCUT2D eigenvalue weighted by Gasteiger charge is 2.07. The van der Waals surface area contributed by atoms with Crippen LogP contribution in [0, 0.1) is 24.0 Å². The number of nitrogens with zero attached hydrogens (tertiary/aromatic N) is 3. The average Bonchev–Trinajstić information content (AvgIpc) is 2.37. The summed E-state index contributed by atoms with van der Waals surface area (Å²) >= 11 is 0. The van der Waals surface area contributed by atoms with E-state index in [1.165, 1.54) is 12.1 Å². The summed E-state index contributed by atoms with van der Waals surface area (Å²) < 4.78 is 0. The maximum Gasteiger partial charge on any atom is 0.271 e. The quantitative estimate of drug-likeness (QED) is 0.673. The van der Waals surface area contributed by atoms with Gasteiger partial charge in [0, 0.05) is 24.0 Å². The average molecular weight is 258 g/mol. The van der Waals surface area contributed by atoms with Gasteiger partial charge in [-0.2, -0.15) is 0 Å². The Balaban J connectivity index is 2.11. The summed E-state index contributed by atoms with van der Waals surface area (Å²) in [4.78, 5) is 18.7. The first-order chi connectivity index (χ1) is 9.04. The van der Waals surface area contributed by atoms with Crippen molar-refractivity contribution >= 4 is 11.4 Å². The van der Waals surface area contributed by atoms with E-state index in [1.807, 2.05) is 19.9 Å². The monoisotopic (exact) mass is 258 g/mol. The molecule has 0 spiro atoms. The van der Waals surface area contributed by atoms with Crippen molar-refractivity contribution < 1.29 is 4.92 Å². The number of anilines is 1. The molecular formula is C13H14N4O2. The number of nitrogens with one attached hydrogen (secondary N) is 1. The Bertz CT molecular complexity index is 596. The molecule has 0 aliphatic carbocycles. The van der Waals surface area contributed by atoms with Crippen molar-refractivity contribution in [3.8, 4) is 0 Å². The summed E-state index contributed by atoms with van der Waals surface area (Å²) in [6.07, 6.45) is 3.38. The highest BCUT2D eigenvalue weighted by molar-refractivity contribution is 5.53. The molecule has 0 saturated carbocycles. The van der Waals surface area contributed by atoms with E-state index in [0.29, 0.717) is 12.2 Å². The fourth-order valence-corrected chi connectivity index (χ4v) is 1.67. The molecule has 98 valence electrons. The first kappa shape index (κ1) is 12.9. The van der Waals surface area contributed by atoms with E-state index in [2.05, 4.69) is 15.3 Å². The van der Waals surface area contributed by atoms with E-state index in [1.54, 1.807) is 12.4 Å². The van der Waals surface area contributed by atoms with Crippen LogP contribution >= 0.6 is 0 Å². The number of nitro groups is 1. The second kappa shape index (κ2) is 5.43. The zero-order valence-electron chi connectivity index (χ0n) is 10.8. The van der Waals surface area contributed by atoms with Crippen LogP contribution in [0.15, 0.2) is 30.6 Å². The lowest BCUT2D eigenvalue weighted by molar-refractivity contribution is -0.384. The number of benzene rings is 1. The minimum absolute atomic E-state index is 0.0810. The van der Waals surface area contributed by atoms with Crippen molar-refractivity contribution in [2.75, 3.05) is 5.32 Å². The summed E-state index contributed by atoms with van der Waals surface area (Å²) in [5, 5.41) is 13.9. The number of non-ortho nitro benzene ring substituents is 1. The molecule has 1 aromatic carbocycles. The van der Waals surface area contributed by atoms with Crippen LogP contribution in [0.5, 0.6) is 0 Å². The van der Waals surface area contributed by atoms with Gasteiger partial charge in [-0.25, -0.2) is 0 Å². The first-order valence-corrected chi connectivity index (χ1v) is 5.82. The maximum absolute atomic E-state index is 10.8. The fraction of sp³-hybridized carbons (Fsp3) is 0.231. The number of rotatable bonds is 4. The largest absolute Gasteiger partial charge is 0.379 e. The smallest absolute Gasteiger partial charge is 0.271 e. The SMILES string of the molecule is Cc1cc(NCc2cnc(C)cn2)cc([N+](=O)[O-])c1. The Morgan fingerprint density at radius 1 is 1.21 bits per heavy atom. The predicted octanol–water partition coefficient (Wildman–Crippen LogP) is 2.61. The lowest BCUT2D eigenvalue weighted by Gasteiger charge is -2.07. The number of aryl methyl sites for hydroxylation is 2. The molecule has 6 nitrogen and oxygen atoms in total. The van der Waals surface area contributed by atoms with Gasteiger partial charge >= 0.3 is 0 Å². The number of hydrogen-bond acceptors (Lipinski definition) is 5. The Kier molecular flexibility index (Phi) is 3.70. The first-order valence-electron chi connectivity index (χ1n) is 5.82. The van der Waals surface area contributed by atoms with Crippen LogP contribution in [-0.2, 0) is 6.54 Å². The van der Waals surface area contributed by atoms with Gasteiger partial charge in [0.2, 0.25) is 0 Å². The zero-order chi connectivity index (χ0) is 13.8. The second-order valence-electron chi connectivity index (χ2n) is 4.32. The van der Waals surface area contributed by atoms with Crippen LogP contribution in [0.3, 0.4) is 0 Å². The predicted molar refractivity (Wildman–Crippen MR) is 71.9 cm³/mol. The van der Waals surface area contributed by atoms with Crippen LogP contribution in [0.4, 0.5) is 11.4 Å². The molecule has 0 bridgehead atoms. The molecule has 6 heteroatoms. The Morgan fingerprint density at radius 2 is 2.00 bits per heavy atom. The second-order valence-corrected chi connectivity index (χ2v) is 4.32. The highest BCUT2D eigenvalue weighted by atomic mass is 16.6. The van der Waals surface area contributed by atoms with E-state index < -0.39 is 4.92 Å². The van der Waals surface area contributed by atoms with E-state index in [4.69, 9.17) is 0 Å². The van der Waals surface area contributed by atoms with Crippen LogP contribution in [0.2, 0.25) is 0 Å². The van der Waals surface area contributed by atoms with Gasteiger partial charge in [0.05, 0.1) is 29.1 Å². The number of hydrogen-bond donors (Lipinski definition) is 1. The highest BCUT2D eigenvalue weighted by Crippen LogP contribution is 2.20. The van der Waals surface area contributed by atoms with Crippen molar-refractivity contribution in [2.24, 2.45) is 0 Å². The Morgan fingerprint density at radius 3 is 2.63 bits per heavy atom. The Hall–Kier alpha value is -2.50. The zero-order valence-corrected chi connectivity index (χ0v) is 10.8. The topological polar surface area (TPSA) is 81.0 Å². The molecule has 0 amide bonds. The van der Waals surface area contributed by atoms with Gasteiger partial charge in [-0.1, -0.05) is 0 Å². The van der Waals surface area contributed by atoms with Crippen LogP contribution in [-0.4, -0.2) is 14.9 Å². The normalized spacial score (nSPS) is 10.2. The molecule has 2 aromatic rings. The molecule has 0 atom stereocenters. The Labute approximate surface area is 110 Å². The summed E-state index contributed by atoms with van der Waals surface area (Å²) in [7, 11) is 0. The third kappa shape index (κ3) is 3.48. The standard InChI is InChI=1S/C13H14N4O2/c1-9-3-11(5-13(4-9)17(18)19)16-8-12-7-14-10(2)6-15-12/h3-7,16H,8H2,1-2H3. The minimum atomic E-state index is -0.399. The molecule has 1 N–H and O–H groups in total. The van der Waals surface area contributed by atoms with Gasteiger partial charge in [-0.3, -0.25) is 20.1 Å². The van der Waals surface area contributed by atoms with Gasteiger partial charge < -0.3 is 5.32 Å². The van der Waals surface area contributed by atoms with E-state index in [0.717, 1.165) is 17.0 Å². The molecule has 0 aliphatic rings. The van der Waals surface area contributed by atoms with E-state index in [9.17, 15) is 10.1 Å². The molecule has 0 unspecified atom stereocenters. The molecule has 0 fully saturated rings. The maximum atomic E-state index is 10.8. The van der Waals surface area contributed by atoms with Gasteiger partial charge in [0.15, 0.2) is 0 Å². The van der Waals surface area contributed by atoms with Crippen molar-refractivity contribution in [1.29, 1.82) is 0 Å². The molecule has 1 aromatic heterocycles. The molecule has 1 heterocycles.